The van der Waals surface area contributed by atoms with E-state index in [0.717, 1.165) is 6.54 Å². The first-order chi connectivity index (χ1) is 9.31. The zero-order chi connectivity index (χ0) is 13.5. The van der Waals surface area contributed by atoms with Gasteiger partial charge in [0.2, 0.25) is 11.9 Å². The number of nitrogens with two attached hydrogens (primary N) is 1. The first kappa shape index (κ1) is 13.8. The van der Waals surface area contributed by atoms with E-state index in [-0.39, 0.29) is 6.01 Å². The van der Waals surface area contributed by atoms with Gasteiger partial charge in [-0.25, -0.2) is 5.84 Å². The summed E-state index contributed by atoms with van der Waals surface area (Å²) in [4.78, 5) is 12.4. The van der Waals surface area contributed by atoms with Gasteiger partial charge in [0.05, 0.1) is 6.61 Å². The van der Waals surface area contributed by atoms with Crippen molar-refractivity contribution in [2.24, 2.45) is 11.8 Å². The molecule has 0 amide bonds. The topological polar surface area (TPSA) is 98.0 Å². The molecule has 7 nitrogen and oxygen atoms in total. The summed E-state index contributed by atoms with van der Waals surface area (Å²) in [5.41, 5.74) is 2.42. The lowest BCUT2D eigenvalue weighted by molar-refractivity contribution is 0.312. The lowest BCUT2D eigenvalue weighted by Crippen LogP contribution is -2.20. The van der Waals surface area contributed by atoms with Gasteiger partial charge < -0.3 is 10.1 Å². The Bertz CT molecular complexity index is 394. The number of rotatable bonds is 6. The minimum absolute atomic E-state index is 0.289. The first-order valence-electron chi connectivity index (χ1n) is 6.91. The summed E-state index contributed by atoms with van der Waals surface area (Å²) in [6.07, 6.45) is 6.56. The van der Waals surface area contributed by atoms with Gasteiger partial charge in [0.15, 0.2) is 0 Å². The second-order valence-electron chi connectivity index (χ2n) is 4.73. The van der Waals surface area contributed by atoms with Gasteiger partial charge in [-0.2, -0.15) is 15.0 Å². The van der Waals surface area contributed by atoms with Crippen molar-refractivity contribution in [2.45, 2.75) is 39.0 Å². The number of nitrogens with zero attached hydrogens (tertiary/aromatic N) is 3. The van der Waals surface area contributed by atoms with E-state index in [0.29, 0.717) is 24.4 Å². The molecule has 0 saturated heterocycles. The van der Waals surface area contributed by atoms with E-state index >= 15 is 0 Å². The van der Waals surface area contributed by atoms with Crippen LogP contribution in [-0.2, 0) is 0 Å². The highest BCUT2D eigenvalue weighted by Gasteiger charge is 2.14. The van der Waals surface area contributed by atoms with Crippen molar-refractivity contribution in [3.05, 3.63) is 0 Å². The van der Waals surface area contributed by atoms with Gasteiger partial charge >= 0.3 is 6.01 Å². The summed E-state index contributed by atoms with van der Waals surface area (Å²) in [6.45, 7) is 3.28. The molecule has 1 aliphatic rings. The van der Waals surface area contributed by atoms with Crippen LogP contribution in [0.2, 0.25) is 0 Å². The highest BCUT2D eigenvalue weighted by atomic mass is 16.5. The highest BCUT2D eigenvalue weighted by Crippen LogP contribution is 2.23. The van der Waals surface area contributed by atoms with E-state index in [9.17, 15) is 0 Å². The molecular weight excluding hydrogens is 244 g/mol. The van der Waals surface area contributed by atoms with E-state index in [4.69, 9.17) is 10.6 Å². The molecule has 1 heterocycles. The minimum Gasteiger partial charge on any atom is -0.464 e. The van der Waals surface area contributed by atoms with Gasteiger partial charge in [-0.3, -0.25) is 5.43 Å². The number of hydrogen-bond donors (Lipinski definition) is 3. The molecule has 0 spiro atoms. The molecule has 2 rings (SSSR count). The molecule has 1 saturated carbocycles. The maximum Gasteiger partial charge on any atom is 0.323 e. The summed E-state index contributed by atoms with van der Waals surface area (Å²) in [6, 6.07) is 0.289. The lowest BCUT2D eigenvalue weighted by Gasteiger charge is -2.21. The van der Waals surface area contributed by atoms with E-state index in [1.54, 1.807) is 0 Å². The molecule has 19 heavy (non-hydrogen) atoms. The van der Waals surface area contributed by atoms with Crippen LogP contribution in [-0.4, -0.2) is 28.1 Å². The standard InChI is InChI=1S/C12H22N6O/c1-2-19-12-16-10(15-11(17-12)18-13)14-8-9-6-4-3-5-7-9/h9H,2-8,13H2,1H3,(H2,14,15,16,17,18). The molecule has 0 atom stereocenters. The van der Waals surface area contributed by atoms with Crippen LogP contribution in [0.4, 0.5) is 11.9 Å². The number of nitrogens with one attached hydrogen (secondary N) is 2. The van der Waals surface area contributed by atoms with Crippen LogP contribution in [0.3, 0.4) is 0 Å². The Hall–Kier alpha value is -1.63. The third-order valence-electron chi connectivity index (χ3n) is 3.29. The largest absolute Gasteiger partial charge is 0.464 e. The van der Waals surface area contributed by atoms with E-state index in [1.165, 1.54) is 32.1 Å². The Morgan fingerprint density at radius 1 is 1.16 bits per heavy atom. The molecule has 1 aliphatic carbocycles. The molecule has 1 aromatic rings. The first-order valence-corrected chi connectivity index (χ1v) is 6.91. The SMILES string of the molecule is CCOc1nc(NN)nc(NCC2CCCCC2)n1. The Morgan fingerprint density at radius 3 is 2.58 bits per heavy atom. The molecule has 0 aliphatic heterocycles. The summed E-state index contributed by atoms with van der Waals surface area (Å²) < 4.78 is 5.28. The molecule has 1 fully saturated rings. The van der Waals surface area contributed by atoms with Crippen molar-refractivity contribution in [2.75, 3.05) is 23.9 Å². The van der Waals surface area contributed by atoms with Crippen LogP contribution in [0.5, 0.6) is 6.01 Å². The second kappa shape index (κ2) is 7.08. The highest BCUT2D eigenvalue weighted by molar-refractivity contribution is 5.34. The van der Waals surface area contributed by atoms with Crippen LogP contribution >= 0.6 is 0 Å². The summed E-state index contributed by atoms with van der Waals surface area (Å²) in [5, 5.41) is 3.25. The molecular formula is C12H22N6O. The van der Waals surface area contributed by atoms with Gasteiger partial charge in [0.25, 0.3) is 0 Å². The molecule has 7 heteroatoms. The second-order valence-corrected chi connectivity index (χ2v) is 4.73. The van der Waals surface area contributed by atoms with Crippen LogP contribution in [0.25, 0.3) is 0 Å². The number of nitrogen functional groups attached to an aromatic ring is 1. The van der Waals surface area contributed by atoms with E-state index in [2.05, 4.69) is 25.7 Å². The van der Waals surface area contributed by atoms with Crippen molar-refractivity contribution >= 4 is 11.9 Å². The normalized spacial score (nSPS) is 16.1. The number of hydrazine groups is 1. The molecule has 106 valence electrons. The van der Waals surface area contributed by atoms with Crippen LogP contribution in [0.1, 0.15) is 39.0 Å². The minimum atomic E-state index is 0.289. The van der Waals surface area contributed by atoms with Gasteiger partial charge in [0, 0.05) is 6.54 Å². The fourth-order valence-corrected chi connectivity index (χ4v) is 2.32. The summed E-state index contributed by atoms with van der Waals surface area (Å²) in [7, 11) is 0. The van der Waals surface area contributed by atoms with Crippen LogP contribution < -0.4 is 21.3 Å². The molecule has 4 N–H and O–H groups in total. The number of hydrogen-bond acceptors (Lipinski definition) is 7. The predicted octanol–water partition coefficient (Wildman–Crippen LogP) is 1.55. The molecule has 0 aromatic carbocycles. The van der Waals surface area contributed by atoms with Crippen molar-refractivity contribution in [1.29, 1.82) is 0 Å². The molecule has 0 bridgehead atoms. The Labute approximate surface area is 113 Å². The lowest BCUT2D eigenvalue weighted by atomic mass is 9.89. The van der Waals surface area contributed by atoms with Gasteiger partial charge in [-0.15, -0.1) is 0 Å². The monoisotopic (exact) mass is 266 g/mol. The van der Waals surface area contributed by atoms with Crippen molar-refractivity contribution in [1.82, 2.24) is 15.0 Å². The Kier molecular flexibility index (Phi) is 5.14. The number of aromatic nitrogens is 3. The summed E-state index contributed by atoms with van der Waals surface area (Å²) >= 11 is 0. The molecule has 0 radical (unpaired) electrons. The number of ether oxygens (including phenoxy) is 1. The van der Waals surface area contributed by atoms with Gasteiger partial charge in [-0.05, 0) is 25.7 Å². The van der Waals surface area contributed by atoms with Crippen molar-refractivity contribution in [3.63, 3.8) is 0 Å². The maximum atomic E-state index is 5.34. The molecule has 0 unspecified atom stereocenters. The van der Waals surface area contributed by atoms with E-state index in [1.807, 2.05) is 6.92 Å². The average molecular weight is 266 g/mol. The van der Waals surface area contributed by atoms with Gasteiger partial charge in [0.1, 0.15) is 0 Å². The Morgan fingerprint density at radius 2 is 1.89 bits per heavy atom. The quantitative estimate of drug-likeness (QED) is 0.530. The average Bonchev–Trinajstić information content (AvgIpc) is 2.46. The third-order valence-corrected chi connectivity index (χ3v) is 3.29. The smallest absolute Gasteiger partial charge is 0.323 e. The zero-order valence-corrected chi connectivity index (χ0v) is 11.4. The van der Waals surface area contributed by atoms with Crippen LogP contribution in [0, 0.1) is 5.92 Å². The van der Waals surface area contributed by atoms with Crippen LogP contribution in [0.15, 0.2) is 0 Å². The maximum absolute atomic E-state index is 5.34. The van der Waals surface area contributed by atoms with E-state index < -0.39 is 0 Å². The predicted molar refractivity (Wildman–Crippen MR) is 73.9 cm³/mol. The fourth-order valence-electron chi connectivity index (χ4n) is 2.32. The summed E-state index contributed by atoms with van der Waals surface area (Å²) in [5.74, 6) is 6.86. The fraction of sp³-hybridized carbons (Fsp3) is 0.750. The van der Waals surface area contributed by atoms with Crippen molar-refractivity contribution in [3.8, 4) is 6.01 Å². The number of anilines is 2. The third kappa shape index (κ3) is 4.20. The van der Waals surface area contributed by atoms with Crippen molar-refractivity contribution < 1.29 is 4.74 Å². The van der Waals surface area contributed by atoms with Gasteiger partial charge in [-0.1, -0.05) is 19.3 Å². The molecule has 1 aromatic heterocycles. The zero-order valence-electron chi connectivity index (χ0n) is 11.4. The Balaban J connectivity index is 1.95.